The van der Waals surface area contributed by atoms with E-state index in [1.807, 2.05) is 0 Å². The maximum atomic E-state index is 12.8. The van der Waals surface area contributed by atoms with Crippen LogP contribution >= 0.6 is 0 Å². The van der Waals surface area contributed by atoms with Crippen molar-refractivity contribution in [2.45, 2.75) is 304 Å². The van der Waals surface area contributed by atoms with Crippen LogP contribution in [-0.4, -0.2) is 37.2 Å². The van der Waals surface area contributed by atoms with E-state index in [0.29, 0.717) is 19.3 Å². The van der Waals surface area contributed by atoms with Gasteiger partial charge in [0, 0.05) is 19.3 Å². The summed E-state index contributed by atoms with van der Waals surface area (Å²) >= 11 is 0. The van der Waals surface area contributed by atoms with E-state index in [0.717, 1.165) is 75.5 Å². The van der Waals surface area contributed by atoms with Crippen molar-refractivity contribution < 1.29 is 28.6 Å². The zero-order chi connectivity index (χ0) is 44.9. The molecular formula is C55H106O6. The fraction of sp³-hybridized carbons (Fsp3) is 0.945. The van der Waals surface area contributed by atoms with E-state index in [1.54, 1.807) is 0 Å². The van der Waals surface area contributed by atoms with Gasteiger partial charge in [0.2, 0.25) is 0 Å². The topological polar surface area (TPSA) is 78.9 Å². The largest absolute Gasteiger partial charge is 0.462 e. The van der Waals surface area contributed by atoms with Gasteiger partial charge in [-0.25, -0.2) is 0 Å². The van der Waals surface area contributed by atoms with E-state index in [-0.39, 0.29) is 31.1 Å². The minimum atomic E-state index is -0.763. The minimum Gasteiger partial charge on any atom is -0.462 e. The van der Waals surface area contributed by atoms with E-state index in [1.165, 1.54) is 180 Å². The number of hydrogen-bond acceptors (Lipinski definition) is 6. The van der Waals surface area contributed by atoms with Crippen LogP contribution in [-0.2, 0) is 28.6 Å². The molecule has 0 N–H and O–H groups in total. The molecule has 0 rings (SSSR count). The molecule has 0 saturated heterocycles. The van der Waals surface area contributed by atoms with Crippen molar-refractivity contribution in [3.8, 4) is 0 Å². The van der Waals surface area contributed by atoms with Gasteiger partial charge in [0.05, 0.1) is 0 Å². The molecule has 0 saturated carbocycles. The van der Waals surface area contributed by atoms with Gasteiger partial charge in [0.25, 0.3) is 0 Å². The molecule has 0 aliphatic rings. The summed E-state index contributed by atoms with van der Waals surface area (Å²) in [6.45, 7) is 13.7. The van der Waals surface area contributed by atoms with Gasteiger partial charge in [-0.15, -0.1) is 0 Å². The molecule has 1 atom stereocenters. The summed E-state index contributed by atoms with van der Waals surface area (Å²) < 4.78 is 16.8. The molecule has 6 nitrogen and oxygen atoms in total. The van der Waals surface area contributed by atoms with Gasteiger partial charge in [-0.1, -0.05) is 260 Å². The molecule has 0 aliphatic carbocycles. The predicted molar refractivity (Wildman–Crippen MR) is 261 cm³/mol. The van der Waals surface area contributed by atoms with Crippen molar-refractivity contribution in [3.63, 3.8) is 0 Å². The van der Waals surface area contributed by atoms with Gasteiger partial charge in [0.15, 0.2) is 6.10 Å². The third-order valence-electron chi connectivity index (χ3n) is 12.4. The highest BCUT2D eigenvalue weighted by Crippen LogP contribution is 2.18. The first-order chi connectivity index (χ1) is 29.6. The molecule has 0 aromatic carbocycles. The number of carbonyl (C=O) groups excluding carboxylic acids is 3. The molecule has 0 aliphatic heterocycles. The Bertz CT molecular complexity index is 945. The van der Waals surface area contributed by atoms with Crippen molar-refractivity contribution in [1.82, 2.24) is 0 Å². The number of ether oxygens (including phenoxy) is 3. The van der Waals surface area contributed by atoms with Crippen LogP contribution in [0.25, 0.3) is 0 Å². The Morgan fingerprint density at radius 1 is 0.279 bits per heavy atom. The monoisotopic (exact) mass is 863 g/mol. The fourth-order valence-corrected chi connectivity index (χ4v) is 8.29. The maximum Gasteiger partial charge on any atom is 0.306 e. The molecule has 0 spiro atoms. The molecule has 0 heterocycles. The summed E-state index contributed by atoms with van der Waals surface area (Å²) in [7, 11) is 0. The average molecular weight is 863 g/mol. The first-order valence-corrected chi connectivity index (χ1v) is 27.1. The van der Waals surface area contributed by atoms with Crippen molar-refractivity contribution in [2.75, 3.05) is 13.2 Å². The molecular weight excluding hydrogens is 757 g/mol. The Balaban J connectivity index is 4.24. The Kier molecular flexibility index (Phi) is 45.2. The van der Waals surface area contributed by atoms with E-state index >= 15 is 0 Å². The van der Waals surface area contributed by atoms with Crippen molar-refractivity contribution in [2.24, 2.45) is 17.8 Å². The van der Waals surface area contributed by atoms with Gasteiger partial charge >= 0.3 is 17.9 Å². The molecule has 61 heavy (non-hydrogen) atoms. The van der Waals surface area contributed by atoms with Crippen LogP contribution in [0.2, 0.25) is 0 Å². The van der Waals surface area contributed by atoms with E-state index in [9.17, 15) is 14.4 Å². The van der Waals surface area contributed by atoms with Crippen LogP contribution in [0.1, 0.15) is 298 Å². The van der Waals surface area contributed by atoms with Gasteiger partial charge in [0.1, 0.15) is 13.2 Å². The van der Waals surface area contributed by atoms with Gasteiger partial charge < -0.3 is 14.2 Å². The summed E-state index contributed by atoms with van der Waals surface area (Å²) in [6.07, 6.45) is 46.7. The Labute approximate surface area is 380 Å². The molecule has 6 heteroatoms. The molecule has 0 aromatic heterocycles. The van der Waals surface area contributed by atoms with Crippen LogP contribution < -0.4 is 0 Å². The molecule has 0 amide bonds. The summed E-state index contributed by atoms with van der Waals surface area (Å²) in [5.74, 6) is 1.61. The van der Waals surface area contributed by atoms with Gasteiger partial charge in [-0.3, -0.25) is 14.4 Å². The van der Waals surface area contributed by atoms with Crippen LogP contribution in [0.3, 0.4) is 0 Å². The van der Waals surface area contributed by atoms with Crippen LogP contribution in [0.4, 0.5) is 0 Å². The lowest BCUT2D eigenvalue weighted by atomic mass is 10.0. The molecule has 0 radical (unpaired) electrons. The zero-order valence-electron chi connectivity index (χ0n) is 42.0. The lowest BCUT2D eigenvalue weighted by Crippen LogP contribution is -2.30. The van der Waals surface area contributed by atoms with Crippen molar-refractivity contribution in [3.05, 3.63) is 0 Å². The molecule has 0 unspecified atom stereocenters. The quantitative estimate of drug-likeness (QED) is 0.0344. The second-order valence-corrected chi connectivity index (χ2v) is 20.3. The summed E-state index contributed by atoms with van der Waals surface area (Å²) in [5, 5.41) is 0. The maximum absolute atomic E-state index is 12.8. The Morgan fingerprint density at radius 3 is 0.705 bits per heavy atom. The number of hydrogen-bond donors (Lipinski definition) is 0. The lowest BCUT2D eigenvalue weighted by Gasteiger charge is -2.18. The lowest BCUT2D eigenvalue weighted by molar-refractivity contribution is -0.167. The number of unbranched alkanes of at least 4 members (excludes halogenated alkanes) is 31. The normalized spacial score (nSPS) is 12.1. The van der Waals surface area contributed by atoms with Crippen LogP contribution in [0, 0.1) is 17.8 Å². The highest BCUT2D eigenvalue weighted by molar-refractivity contribution is 5.71. The van der Waals surface area contributed by atoms with Gasteiger partial charge in [-0.05, 0) is 37.0 Å². The Morgan fingerprint density at radius 2 is 0.475 bits per heavy atom. The fourth-order valence-electron chi connectivity index (χ4n) is 8.29. The molecule has 0 fully saturated rings. The van der Waals surface area contributed by atoms with Crippen LogP contribution in [0.5, 0.6) is 0 Å². The average Bonchev–Trinajstić information content (AvgIpc) is 3.22. The first-order valence-electron chi connectivity index (χ1n) is 27.1. The second-order valence-electron chi connectivity index (χ2n) is 20.3. The molecule has 0 aromatic rings. The summed E-state index contributed by atoms with van der Waals surface area (Å²) in [6, 6.07) is 0. The summed E-state index contributed by atoms with van der Waals surface area (Å²) in [4.78, 5) is 38.0. The van der Waals surface area contributed by atoms with E-state index < -0.39 is 6.10 Å². The SMILES string of the molecule is CC(C)CCCCCCCCCCCCCCCCCC(=O)OC[C@H](COC(=O)CCCCCCCCCCCCCCC(C)C)OC(=O)CCCCCCCCCC(C)C. The predicted octanol–water partition coefficient (Wildman–Crippen LogP) is 17.6. The number of esters is 3. The highest BCUT2D eigenvalue weighted by atomic mass is 16.6. The highest BCUT2D eigenvalue weighted by Gasteiger charge is 2.19. The van der Waals surface area contributed by atoms with Crippen molar-refractivity contribution in [1.29, 1.82) is 0 Å². The van der Waals surface area contributed by atoms with Crippen molar-refractivity contribution >= 4 is 17.9 Å². The van der Waals surface area contributed by atoms with Gasteiger partial charge in [-0.2, -0.15) is 0 Å². The molecule has 0 bridgehead atoms. The minimum absolute atomic E-state index is 0.0648. The summed E-state index contributed by atoms with van der Waals surface area (Å²) in [5.41, 5.74) is 0. The Hall–Kier alpha value is -1.59. The third kappa shape index (κ3) is 49.3. The molecule has 362 valence electrons. The zero-order valence-corrected chi connectivity index (χ0v) is 42.0. The number of carbonyl (C=O) groups is 3. The van der Waals surface area contributed by atoms with Crippen LogP contribution in [0.15, 0.2) is 0 Å². The van der Waals surface area contributed by atoms with E-state index in [4.69, 9.17) is 14.2 Å². The second kappa shape index (κ2) is 46.4. The smallest absolute Gasteiger partial charge is 0.306 e. The third-order valence-corrected chi connectivity index (χ3v) is 12.4. The standard InChI is InChI=1S/C55H106O6/c1-49(2)41-35-29-23-18-14-10-8-7-9-11-16-20-26-32-38-44-53(56)59-47-52(61-55(58)46-40-34-28-22-25-31-37-43-51(5)6)48-60-54(57)45-39-33-27-21-17-13-12-15-19-24-30-36-42-50(3)4/h49-52H,7-48H2,1-6H3/t52-/m1/s1. The number of rotatable bonds is 48. The first kappa shape index (κ1) is 59.4. The van der Waals surface area contributed by atoms with E-state index in [2.05, 4.69) is 41.5 Å².